The zero-order chi connectivity index (χ0) is 55.0. The van der Waals surface area contributed by atoms with E-state index in [1.54, 1.807) is 0 Å². The molecule has 76 heavy (non-hydrogen) atoms. The SMILES string of the molecule is CC/C=C\C/C=C\C/C=C\C/C=C\C/C=C\C/C=C\CCC(=O)OC(COC(=O)CCCCCCCCCCCCCCCCCCCC)COC(=O)CCCCCCCCCCCCCCCCCCCCCCC. The maximum absolute atomic E-state index is 12.9. The van der Waals surface area contributed by atoms with E-state index in [1.165, 1.54) is 212 Å². The van der Waals surface area contributed by atoms with E-state index in [1.807, 2.05) is 6.08 Å². The van der Waals surface area contributed by atoms with E-state index in [2.05, 4.69) is 87.6 Å². The van der Waals surface area contributed by atoms with E-state index in [0.717, 1.165) is 77.0 Å². The number of esters is 3. The molecule has 0 aromatic heterocycles. The molecule has 0 N–H and O–H groups in total. The average molecular weight is 1060 g/mol. The van der Waals surface area contributed by atoms with Crippen LogP contribution < -0.4 is 0 Å². The molecule has 0 spiro atoms. The quantitative estimate of drug-likeness (QED) is 0.0261. The van der Waals surface area contributed by atoms with Gasteiger partial charge in [-0.05, 0) is 57.8 Å². The van der Waals surface area contributed by atoms with Crippen LogP contribution >= 0.6 is 0 Å². The highest BCUT2D eigenvalue weighted by atomic mass is 16.6. The number of carbonyl (C=O) groups is 3. The Hall–Kier alpha value is -3.15. The van der Waals surface area contributed by atoms with Crippen molar-refractivity contribution in [2.75, 3.05) is 13.2 Å². The zero-order valence-electron chi connectivity index (χ0n) is 50.5. The molecule has 0 amide bonds. The van der Waals surface area contributed by atoms with Gasteiger partial charge >= 0.3 is 17.9 Å². The molecule has 0 bridgehead atoms. The van der Waals surface area contributed by atoms with Gasteiger partial charge in [-0.2, -0.15) is 0 Å². The predicted molar refractivity (Wildman–Crippen MR) is 330 cm³/mol. The predicted octanol–water partition coefficient (Wildman–Crippen LogP) is 22.5. The number of ether oxygens (including phenoxy) is 3. The van der Waals surface area contributed by atoms with Crippen LogP contribution in [-0.2, 0) is 28.6 Å². The van der Waals surface area contributed by atoms with Gasteiger partial charge in [0, 0.05) is 19.3 Å². The summed E-state index contributed by atoms with van der Waals surface area (Å²) in [5.41, 5.74) is 0. The summed E-state index contributed by atoms with van der Waals surface area (Å²) in [6.07, 6.45) is 83.6. The Labute approximate surface area is 472 Å². The minimum atomic E-state index is -0.814. The summed E-state index contributed by atoms with van der Waals surface area (Å²) in [7, 11) is 0. The molecular weight excluding hydrogens is 937 g/mol. The Balaban J connectivity index is 4.42. The lowest BCUT2D eigenvalue weighted by Crippen LogP contribution is -2.30. The van der Waals surface area contributed by atoms with Crippen LogP contribution in [0.5, 0.6) is 0 Å². The van der Waals surface area contributed by atoms with E-state index in [-0.39, 0.29) is 37.5 Å². The lowest BCUT2D eigenvalue weighted by atomic mass is 10.0. The third-order valence-corrected chi connectivity index (χ3v) is 14.5. The molecule has 6 nitrogen and oxygen atoms in total. The molecule has 0 rings (SSSR count). The first-order valence-corrected chi connectivity index (χ1v) is 32.9. The van der Waals surface area contributed by atoms with Gasteiger partial charge in [0.25, 0.3) is 0 Å². The smallest absolute Gasteiger partial charge is 0.306 e. The van der Waals surface area contributed by atoms with Gasteiger partial charge < -0.3 is 14.2 Å². The van der Waals surface area contributed by atoms with Crippen LogP contribution in [0.4, 0.5) is 0 Å². The van der Waals surface area contributed by atoms with E-state index < -0.39 is 6.10 Å². The number of unbranched alkanes of at least 4 members (excludes halogenated alkanes) is 37. The Morgan fingerprint density at radius 3 is 0.776 bits per heavy atom. The molecule has 1 atom stereocenters. The maximum atomic E-state index is 12.9. The van der Waals surface area contributed by atoms with Crippen LogP contribution in [0.2, 0.25) is 0 Å². The second-order valence-electron chi connectivity index (χ2n) is 22.0. The highest BCUT2D eigenvalue weighted by Gasteiger charge is 2.19. The van der Waals surface area contributed by atoms with E-state index in [4.69, 9.17) is 14.2 Å². The summed E-state index contributed by atoms with van der Waals surface area (Å²) in [4.78, 5) is 38.3. The molecule has 0 saturated heterocycles. The fraction of sp³-hybridized carbons (Fsp3) is 0.786. The minimum Gasteiger partial charge on any atom is -0.462 e. The molecule has 0 saturated carbocycles. The summed E-state index contributed by atoms with van der Waals surface area (Å²) < 4.78 is 16.9. The molecular formula is C70H124O6. The molecule has 0 aromatic carbocycles. The second-order valence-corrected chi connectivity index (χ2v) is 22.0. The van der Waals surface area contributed by atoms with Crippen LogP contribution in [0.25, 0.3) is 0 Å². The molecule has 0 aliphatic rings. The molecule has 0 aliphatic heterocycles. The first kappa shape index (κ1) is 72.8. The summed E-state index contributed by atoms with van der Waals surface area (Å²) >= 11 is 0. The van der Waals surface area contributed by atoms with Gasteiger partial charge in [0.1, 0.15) is 13.2 Å². The fourth-order valence-corrected chi connectivity index (χ4v) is 9.59. The molecule has 0 fully saturated rings. The molecule has 440 valence electrons. The molecule has 6 heteroatoms. The Morgan fingerprint density at radius 2 is 0.513 bits per heavy atom. The van der Waals surface area contributed by atoms with Gasteiger partial charge in [0.15, 0.2) is 6.10 Å². The van der Waals surface area contributed by atoms with Crippen molar-refractivity contribution in [2.24, 2.45) is 0 Å². The largest absolute Gasteiger partial charge is 0.462 e. The Bertz CT molecular complexity index is 1400. The average Bonchev–Trinajstić information content (AvgIpc) is 3.42. The Kier molecular flexibility index (Phi) is 61.7. The molecule has 0 aliphatic carbocycles. The van der Waals surface area contributed by atoms with Crippen LogP contribution in [-0.4, -0.2) is 37.2 Å². The van der Waals surface area contributed by atoms with Crippen molar-refractivity contribution >= 4 is 17.9 Å². The van der Waals surface area contributed by atoms with Crippen molar-refractivity contribution in [3.8, 4) is 0 Å². The monoisotopic (exact) mass is 1060 g/mol. The first-order valence-electron chi connectivity index (χ1n) is 32.9. The lowest BCUT2D eigenvalue weighted by Gasteiger charge is -2.18. The van der Waals surface area contributed by atoms with Gasteiger partial charge in [-0.1, -0.05) is 331 Å². The van der Waals surface area contributed by atoms with Crippen LogP contribution in [0.1, 0.15) is 335 Å². The normalized spacial score (nSPS) is 12.5. The number of rotatable bonds is 60. The van der Waals surface area contributed by atoms with E-state index in [9.17, 15) is 14.4 Å². The number of carbonyl (C=O) groups excluding carboxylic acids is 3. The van der Waals surface area contributed by atoms with Gasteiger partial charge in [0.2, 0.25) is 0 Å². The number of allylic oxidation sites excluding steroid dienone is 12. The van der Waals surface area contributed by atoms with Crippen LogP contribution in [0.3, 0.4) is 0 Å². The molecule has 0 radical (unpaired) electrons. The highest BCUT2D eigenvalue weighted by Crippen LogP contribution is 2.18. The third kappa shape index (κ3) is 61.7. The van der Waals surface area contributed by atoms with Crippen molar-refractivity contribution in [1.82, 2.24) is 0 Å². The van der Waals surface area contributed by atoms with Crippen molar-refractivity contribution in [1.29, 1.82) is 0 Å². The van der Waals surface area contributed by atoms with Gasteiger partial charge in [-0.15, -0.1) is 0 Å². The first-order chi connectivity index (χ1) is 37.5. The molecule has 0 heterocycles. The fourth-order valence-electron chi connectivity index (χ4n) is 9.59. The minimum absolute atomic E-state index is 0.101. The van der Waals surface area contributed by atoms with E-state index >= 15 is 0 Å². The number of hydrogen-bond donors (Lipinski definition) is 0. The maximum Gasteiger partial charge on any atom is 0.306 e. The van der Waals surface area contributed by atoms with Crippen molar-refractivity contribution in [2.45, 2.75) is 341 Å². The lowest BCUT2D eigenvalue weighted by molar-refractivity contribution is -0.166. The summed E-state index contributed by atoms with van der Waals surface area (Å²) in [5, 5.41) is 0. The van der Waals surface area contributed by atoms with E-state index in [0.29, 0.717) is 19.3 Å². The Morgan fingerprint density at radius 1 is 0.276 bits per heavy atom. The van der Waals surface area contributed by atoms with Gasteiger partial charge in [-0.3, -0.25) is 14.4 Å². The van der Waals surface area contributed by atoms with Gasteiger partial charge in [-0.25, -0.2) is 0 Å². The van der Waals surface area contributed by atoms with Crippen molar-refractivity contribution in [3.63, 3.8) is 0 Å². The summed E-state index contributed by atoms with van der Waals surface area (Å²) in [5.74, 6) is -0.965. The standard InChI is InChI=1S/C70H124O6/c1-4-7-10-13-16-19-22-25-28-31-34-35-37-39-42-45-48-51-54-57-60-63-69(72)75-66-67(65-74-68(71)62-59-56-53-50-47-44-41-38-33-30-27-24-21-18-15-12-9-6-3)76-70(73)64-61-58-55-52-49-46-43-40-36-32-29-26-23-20-17-14-11-8-5-2/h8,11,17,20,26,29,36,40,46,49,55,58,67H,4-7,9-10,12-16,18-19,21-25,27-28,30-35,37-39,41-45,47-48,50-54,56-57,59-66H2,1-3H3/b11-8-,20-17-,29-26-,40-36-,49-46-,58-55-. The van der Waals surface area contributed by atoms with Crippen molar-refractivity contribution < 1.29 is 28.6 Å². The van der Waals surface area contributed by atoms with Crippen LogP contribution in [0, 0.1) is 0 Å². The zero-order valence-corrected chi connectivity index (χ0v) is 50.5. The number of hydrogen-bond acceptors (Lipinski definition) is 6. The third-order valence-electron chi connectivity index (χ3n) is 14.5. The summed E-state index contributed by atoms with van der Waals surface area (Å²) in [6, 6.07) is 0. The van der Waals surface area contributed by atoms with Gasteiger partial charge in [0.05, 0.1) is 0 Å². The summed E-state index contributed by atoms with van der Waals surface area (Å²) in [6.45, 7) is 6.52. The topological polar surface area (TPSA) is 78.9 Å². The molecule has 0 aromatic rings. The second kappa shape index (κ2) is 64.4. The van der Waals surface area contributed by atoms with Crippen LogP contribution in [0.15, 0.2) is 72.9 Å². The van der Waals surface area contributed by atoms with Crippen molar-refractivity contribution in [3.05, 3.63) is 72.9 Å². The molecule has 1 unspecified atom stereocenters. The highest BCUT2D eigenvalue weighted by molar-refractivity contribution is 5.71.